The second-order valence-electron chi connectivity index (χ2n) is 2.25. The zero-order valence-electron chi connectivity index (χ0n) is 5.60. The summed E-state index contributed by atoms with van der Waals surface area (Å²) in [5.74, 6) is -0.101. The van der Waals surface area contributed by atoms with Crippen LogP contribution in [-0.4, -0.2) is 17.3 Å². The molecule has 1 aromatic heterocycles. The summed E-state index contributed by atoms with van der Waals surface area (Å²) in [7, 11) is 0. The van der Waals surface area contributed by atoms with Gasteiger partial charge in [0.15, 0.2) is 0 Å². The number of halogens is 1. The van der Waals surface area contributed by atoms with Crippen molar-refractivity contribution in [3.05, 3.63) is 23.0 Å². The standard InChI is InChI=1S/C6H6ClN3O/c7-4-1-5-6(11)8-3-9-10(5)2-4/h1-2,9H,3H2,(H,8,11). The van der Waals surface area contributed by atoms with E-state index in [4.69, 9.17) is 11.6 Å². The van der Waals surface area contributed by atoms with Crippen LogP contribution < -0.4 is 10.7 Å². The third-order valence-corrected chi connectivity index (χ3v) is 1.72. The molecule has 0 atom stereocenters. The summed E-state index contributed by atoms with van der Waals surface area (Å²) >= 11 is 5.68. The molecule has 1 aliphatic rings. The Morgan fingerprint density at radius 1 is 1.64 bits per heavy atom. The number of carbonyl (C=O) groups excluding carboxylic acids is 1. The fourth-order valence-corrected chi connectivity index (χ4v) is 1.23. The molecule has 58 valence electrons. The number of hydrogen-bond acceptors (Lipinski definition) is 2. The van der Waals surface area contributed by atoms with E-state index in [0.29, 0.717) is 17.4 Å². The van der Waals surface area contributed by atoms with Crippen LogP contribution in [0.1, 0.15) is 10.5 Å². The lowest BCUT2D eigenvalue weighted by Crippen LogP contribution is -2.40. The van der Waals surface area contributed by atoms with E-state index in [1.807, 2.05) is 0 Å². The van der Waals surface area contributed by atoms with Crippen LogP contribution in [0.3, 0.4) is 0 Å². The van der Waals surface area contributed by atoms with Crippen LogP contribution in [0.2, 0.25) is 5.02 Å². The summed E-state index contributed by atoms with van der Waals surface area (Å²) in [4.78, 5) is 11.1. The summed E-state index contributed by atoms with van der Waals surface area (Å²) in [5, 5.41) is 3.18. The topological polar surface area (TPSA) is 46.1 Å². The second-order valence-corrected chi connectivity index (χ2v) is 2.69. The molecule has 0 unspecified atom stereocenters. The van der Waals surface area contributed by atoms with Crippen molar-refractivity contribution >= 4 is 17.5 Å². The third kappa shape index (κ3) is 0.952. The van der Waals surface area contributed by atoms with E-state index < -0.39 is 0 Å². The Kier molecular flexibility index (Phi) is 1.29. The fourth-order valence-electron chi connectivity index (χ4n) is 1.03. The molecular formula is C6H6ClN3O. The largest absolute Gasteiger partial charge is 0.332 e. The third-order valence-electron chi connectivity index (χ3n) is 1.52. The molecule has 1 aromatic rings. The first kappa shape index (κ1) is 6.54. The van der Waals surface area contributed by atoms with Gasteiger partial charge in [-0.05, 0) is 6.07 Å². The highest BCUT2D eigenvalue weighted by Gasteiger charge is 2.16. The number of carbonyl (C=O) groups is 1. The molecule has 1 aliphatic heterocycles. The highest BCUT2D eigenvalue weighted by Crippen LogP contribution is 2.13. The lowest BCUT2D eigenvalue weighted by Gasteiger charge is -2.17. The predicted octanol–water partition coefficient (Wildman–Crippen LogP) is 0.386. The fraction of sp³-hybridized carbons (Fsp3) is 0.167. The highest BCUT2D eigenvalue weighted by molar-refractivity contribution is 6.31. The van der Waals surface area contributed by atoms with Crippen molar-refractivity contribution in [2.45, 2.75) is 0 Å². The first-order chi connectivity index (χ1) is 5.27. The van der Waals surface area contributed by atoms with Gasteiger partial charge in [0, 0.05) is 6.20 Å². The van der Waals surface area contributed by atoms with Gasteiger partial charge in [-0.3, -0.25) is 9.47 Å². The maximum atomic E-state index is 11.1. The van der Waals surface area contributed by atoms with E-state index in [9.17, 15) is 4.79 Å². The van der Waals surface area contributed by atoms with Crippen LogP contribution >= 0.6 is 11.6 Å². The first-order valence-corrected chi connectivity index (χ1v) is 3.55. The van der Waals surface area contributed by atoms with Gasteiger partial charge in [-0.15, -0.1) is 0 Å². The smallest absolute Gasteiger partial charge is 0.271 e. The van der Waals surface area contributed by atoms with E-state index in [1.54, 1.807) is 16.9 Å². The molecule has 0 radical (unpaired) electrons. The second kappa shape index (κ2) is 2.17. The van der Waals surface area contributed by atoms with Gasteiger partial charge < -0.3 is 10.7 Å². The minimum Gasteiger partial charge on any atom is -0.332 e. The number of nitrogens with zero attached hydrogens (tertiary/aromatic N) is 1. The molecule has 0 spiro atoms. The molecule has 11 heavy (non-hydrogen) atoms. The van der Waals surface area contributed by atoms with Crippen molar-refractivity contribution in [1.29, 1.82) is 0 Å². The number of rotatable bonds is 0. The Hall–Kier alpha value is -1.16. The molecule has 0 fully saturated rings. The Balaban J connectivity index is 2.52. The van der Waals surface area contributed by atoms with Crippen molar-refractivity contribution in [2.24, 2.45) is 0 Å². The molecule has 0 aliphatic carbocycles. The molecule has 0 bridgehead atoms. The van der Waals surface area contributed by atoms with Crippen LogP contribution in [0.25, 0.3) is 0 Å². The van der Waals surface area contributed by atoms with E-state index in [0.717, 1.165) is 0 Å². The maximum absolute atomic E-state index is 11.1. The average molecular weight is 172 g/mol. The summed E-state index contributed by atoms with van der Waals surface area (Å²) in [6.07, 6.45) is 1.66. The monoisotopic (exact) mass is 171 g/mol. The van der Waals surface area contributed by atoms with Crippen molar-refractivity contribution in [3.8, 4) is 0 Å². The maximum Gasteiger partial charge on any atom is 0.271 e. The summed E-state index contributed by atoms with van der Waals surface area (Å²) in [6.45, 7) is 0.441. The van der Waals surface area contributed by atoms with Crippen molar-refractivity contribution in [2.75, 3.05) is 12.1 Å². The molecule has 2 N–H and O–H groups in total. The Morgan fingerprint density at radius 3 is 3.18 bits per heavy atom. The predicted molar refractivity (Wildman–Crippen MR) is 41.1 cm³/mol. The molecular weight excluding hydrogens is 166 g/mol. The zero-order valence-corrected chi connectivity index (χ0v) is 6.35. The molecule has 0 saturated heterocycles. The van der Waals surface area contributed by atoms with Crippen LogP contribution in [0.4, 0.5) is 0 Å². The molecule has 0 saturated carbocycles. The zero-order chi connectivity index (χ0) is 7.84. The van der Waals surface area contributed by atoms with E-state index in [-0.39, 0.29) is 5.91 Å². The normalized spacial score (nSPS) is 15.2. The van der Waals surface area contributed by atoms with Crippen LogP contribution in [0.5, 0.6) is 0 Å². The van der Waals surface area contributed by atoms with Gasteiger partial charge in [0.25, 0.3) is 5.91 Å². The molecule has 0 aromatic carbocycles. The van der Waals surface area contributed by atoms with Crippen LogP contribution in [0.15, 0.2) is 12.3 Å². The van der Waals surface area contributed by atoms with Gasteiger partial charge in [0.1, 0.15) is 12.4 Å². The summed E-state index contributed by atoms with van der Waals surface area (Å²) < 4.78 is 1.61. The quantitative estimate of drug-likeness (QED) is 0.593. The molecule has 4 nitrogen and oxygen atoms in total. The summed E-state index contributed by atoms with van der Waals surface area (Å²) in [6, 6.07) is 1.61. The number of hydrogen-bond donors (Lipinski definition) is 2. The minimum absolute atomic E-state index is 0.101. The van der Waals surface area contributed by atoms with Crippen molar-refractivity contribution in [3.63, 3.8) is 0 Å². The van der Waals surface area contributed by atoms with Gasteiger partial charge in [-0.2, -0.15) is 0 Å². The van der Waals surface area contributed by atoms with Gasteiger partial charge in [0.05, 0.1) is 5.02 Å². The highest BCUT2D eigenvalue weighted by atomic mass is 35.5. The summed E-state index contributed by atoms with van der Waals surface area (Å²) in [5.41, 5.74) is 3.46. The average Bonchev–Trinajstić information content (AvgIpc) is 2.31. The molecule has 5 heteroatoms. The lowest BCUT2D eigenvalue weighted by molar-refractivity contribution is 0.0936. The number of aromatic nitrogens is 1. The lowest BCUT2D eigenvalue weighted by atomic mass is 10.4. The Morgan fingerprint density at radius 2 is 2.45 bits per heavy atom. The minimum atomic E-state index is -0.101. The first-order valence-electron chi connectivity index (χ1n) is 3.17. The van der Waals surface area contributed by atoms with Gasteiger partial charge in [-0.1, -0.05) is 11.6 Å². The number of amides is 1. The Bertz CT molecular complexity index is 307. The SMILES string of the molecule is O=C1NCNn2cc(Cl)cc21. The molecule has 1 amide bonds. The van der Waals surface area contributed by atoms with Gasteiger partial charge in [0.2, 0.25) is 0 Å². The van der Waals surface area contributed by atoms with Crippen molar-refractivity contribution in [1.82, 2.24) is 9.99 Å². The van der Waals surface area contributed by atoms with E-state index in [2.05, 4.69) is 10.7 Å². The van der Waals surface area contributed by atoms with Crippen LogP contribution in [0, 0.1) is 0 Å². The molecule has 2 rings (SSSR count). The van der Waals surface area contributed by atoms with Gasteiger partial charge in [-0.25, -0.2) is 0 Å². The van der Waals surface area contributed by atoms with Crippen LogP contribution in [-0.2, 0) is 0 Å². The number of nitrogens with one attached hydrogen (secondary N) is 2. The molecule has 2 heterocycles. The van der Waals surface area contributed by atoms with Crippen molar-refractivity contribution < 1.29 is 4.79 Å². The number of fused-ring (bicyclic) bond motifs is 1. The van der Waals surface area contributed by atoms with Gasteiger partial charge >= 0.3 is 0 Å². The van der Waals surface area contributed by atoms with E-state index >= 15 is 0 Å². The van der Waals surface area contributed by atoms with E-state index in [1.165, 1.54) is 0 Å². The Labute approximate surface area is 68.1 Å².